The van der Waals surface area contributed by atoms with Crippen molar-refractivity contribution in [3.05, 3.63) is 95.6 Å². The number of hydrogen-bond acceptors (Lipinski definition) is 10. The van der Waals surface area contributed by atoms with Crippen molar-refractivity contribution in [1.82, 2.24) is 4.98 Å². The van der Waals surface area contributed by atoms with Gasteiger partial charge in [0.2, 0.25) is 9.50 Å². The molecule has 0 radical (unpaired) electrons. The number of pyridine rings is 1. The molecule has 5 N–H and O–H groups in total. The molecule has 3 amide bonds. The number of hydrogen-bond donors (Lipinski definition) is 6. The summed E-state index contributed by atoms with van der Waals surface area (Å²) in [7, 11) is 0. The normalized spacial score (nSPS) is 11.4. The van der Waals surface area contributed by atoms with Crippen molar-refractivity contribution in [2.24, 2.45) is 11.5 Å². The fraction of sp³-hybridized carbons (Fsp3) is 0.0714. The lowest BCUT2D eigenvalue weighted by molar-refractivity contribution is -0.274. The molecule has 4 aromatic rings. The van der Waals surface area contributed by atoms with E-state index in [-0.39, 0.29) is 33.8 Å². The van der Waals surface area contributed by atoms with E-state index in [0.717, 1.165) is 30.3 Å². The van der Waals surface area contributed by atoms with E-state index in [4.69, 9.17) is 20.9 Å². The average molecular weight is 681 g/mol. The number of primary amides is 2. The summed E-state index contributed by atoms with van der Waals surface area (Å²) in [4.78, 5) is 40.8. The van der Waals surface area contributed by atoms with Gasteiger partial charge in [-0.3, -0.25) is 19.4 Å². The number of nitrogens with two attached hydrogens (primary N) is 2. The van der Waals surface area contributed by atoms with Crippen LogP contribution >= 0.6 is 37.9 Å². The highest BCUT2D eigenvalue weighted by atomic mass is 32.2. The van der Waals surface area contributed by atoms with E-state index in [1.807, 2.05) is 0 Å². The maximum atomic E-state index is 15.9. The second kappa shape index (κ2) is 13.2. The number of thiol groups is 3. The van der Waals surface area contributed by atoms with E-state index in [0.29, 0.717) is 0 Å². The van der Waals surface area contributed by atoms with Gasteiger partial charge in [-0.25, -0.2) is 4.39 Å². The Kier molecular flexibility index (Phi) is 9.74. The number of aromatic nitrogens is 1. The lowest BCUT2D eigenvalue weighted by atomic mass is 9.97. The van der Waals surface area contributed by atoms with Gasteiger partial charge in [-0.15, -0.1) is 51.1 Å². The van der Waals surface area contributed by atoms with Gasteiger partial charge in [-0.2, -0.15) is 0 Å². The Morgan fingerprint density at radius 1 is 0.822 bits per heavy atom. The third-order valence-electron chi connectivity index (χ3n) is 5.67. The molecule has 0 atom stereocenters. The zero-order valence-electron chi connectivity index (χ0n) is 22.3. The minimum absolute atomic E-state index is 0.0125. The second-order valence-corrected chi connectivity index (χ2v) is 11.9. The van der Waals surface area contributed by atoms with Gasteiger partial charge in [0.15, 0.2) is 11.5 Å². The van der Waals surface area contributed by atoms with Gasteiger partial charge < -0.3 is 31.0 Å². The summed E-state index contributed by atoms with van der Waals surface area (Å²) in [6.45, 7) is 0. The third-order valence-corrected chi connectivity index (χ3v) is 5.94. The minimum atomic E-state index is -5.06. The lowest BCUT2D eigenvalue weighted by Crippen LogP contribution is -2.18. The first kappa shape index (κ1) is 33.3. The molecule has 45 heavy (non-hydrogen) atoms. The Balaban J connectivity index is 1.87. The molecule has 17 heteroatoms. The molecular formula is C28H20F4N4O6S3. The molecule has 0 spiro atoms. The molecule has 0 saturated carbocycles. The maximum absolute atomic E-state index is 15.9. The van der Waals surface area contributed by atoms with Crippen molar-refractivity contribution in [2.45, 2.75) is 9.96 Å². The van der Waals surface area contributed by atoms with Crippen LogP contribution in [0.15, 0.2) is 72.9 Å². The molecule has 10 nitrogen and oxygen atoms in total. The van der Waals surface area contributed by atoms with Gasteiger partial charge in [0.1, 0.15) is 28.6 Å². The first-order valence-electron chi connectivity index (χ1n) is 12.2. The van der Waals surface area contributed by atoms with Gasteiger partial charge in [0.05, 0.1) is 0 Å². The first-order chi connectivity index (χ1) is 21.0. The van der Waals surface area contributed by atoms with Crippen molar-refractivity contribution in [3.8, 4) is 34.1 Å². The van der Waals surface area contributed by atoms with Crippen LogP contribution < -0.4 is 31.0 Å². The summed E-state index contributed by atoms with van der Waals surface area (Å²) in [6.07, 6.45) is -3.88. The largest absolute Gasteiger partial charge is 0.573 e. The molecule has 234 valence electrons. The van der Waals surface area contributed by atoms with E-state index < -0.39 is 56.3 Å². The number of anilines is 1. The zero-order chi connectivity index (χ0) is 33.1. The van der Waals surface area contributed by atoms with Crippen LogP contribution in [0.3, 0.4) is 0 Å². The van der Waals surface area contributed by atoms with Gasteiger partial charge in [0, 0.05) is 23.5 Å². The fourth-order valence-electron chi connectivity index (χ4n) is 3.94. The molecule has 0 aliphatic heterocycles. The highest BCUT2D eigenvalue weighted by Crippen LogP contribution is 2.43. The summed E-state index contributed by atoms with van der Waals surface area (Å²) >= 11 is 12.0. The van der Waals surface area contributed by atoms with Crippen LogP contribution in [0.25, 0.3) is 11.1 Å². The van der Waals surface area contributed by atoms with E-state index in [1.165, 1.54) is 36.5 Å². The predicted molar refractivity (Wildman–Crippen MR) is 165 cm³/mol. The number of benzene rings is 3. The number of rotatable bonds is 10. The third kappa shape index (κ3) is 8.74. The van der Waals surface area contributed by atoms with Crippen molar-refractivity contribution < 1.29 is 46.2 Å². The summed E-state index contributed by atoms with van der Waals surface area (Å²) in [5.74, 6) is -5.95. The Bertz CT molecular complexity index is 1800. The maximum Gasteiger partial charge on any atom is 0.573 e. The first-order valence-corrected chi connectivity index (χ1v) is 13.6. The quantitative estimate of drug-likeness (QED) is 0.0702. The molecule has 0 aliphatic carbocycles. The van der Waals surface area contributed by atoms with Gasteiger partial charge >= 0.3 is 6.36 Å². The average Bonchev–Trinajstić information content (AvgIpc) is 2.92. The standard InChI is InChI=1S/C28H20F4N4O6S3/c29-18-9-13(16-3-1-2-4-17(16)24(33)37)10-22(23(18)26(39)36-14-7-8-35-19(11-14)25(34)38)40-20-6-5-15(41-27(30,31)32)12-21(20)42-28(43,44)45/h1-12,43-45H,(H2,33,37)(H2,34,38)(H,35,36,39). The molecule has 0 bridgehead atoms. The number of carbonyl (C=O) groups excluding carboxylic acids is 3. The SMILES string of the molecule is NC(=O)c1cc(NC(=O)c2c(F)cc(-c3ccccc3C(N)=O)cc2Oc2ccc(OC(F)(F)F)cc2OC(S)(S)S)ccn1. The van der Waals surface area contributed by atoms with Crippen LogP contribution in [0.4, 0.5) is 23.2 Å². The van der Waals surface area contributed by atoms with Crippen LogP contribution in [0, 0.1) is 5.82 Å². The molecule has 0 aliphatic rings. The van der Waals surface area contributed by atoms with E-state index >= 15 is 4.39 Å². The Morgan fingerprint density at radius 2 is 1.53 bits per heavy atom. The Hall–Kier alpha value is -4.61. The van der Waals surface area contributed by atoms with Crippen molar-refractivity contribution >= 4 is 61.3 Å². The second-order valence-electron chi connectivity index (χ2n) is 8.92. The number of ether oxygens (including phenoxy) is 3. The van der Waals surface area contributed by atoms with Crippen LogP contribution in [-0.4, -0.2) is 32.7 Å². The number of amides is 3. The van der Waals surface area contributed by atoms with Crippen LogP contribution in [0.2, 0.25) is 0 Å². The van der Waals surface area contributed by atoms with Gasteiger partial charge in [-0.1, -0.05) is 18.2 Å². The molecule has 0 fully saturated rings. The van der Waals surface area contributed by atoms with Gasteiger partial charge in [-0.05, 0) is 53.6 Å². The van der Waals surface area contributed by atoms with Crippen LogP contribution in [0.1, 0.15) is 31.2 Å². The molecule has 1 aromatic heterocycles. The zero-order valence-corrected chi connectivity index (χ0v) is 25.0. The van der Waals surface area contributed by atoms with E-state index in [2.05, 4.69) is 52.9 Å². The highest BCUT2D eigenvalue weighted by Gasteiger charge is 2.32. The molecule has 3 aromatic carbocycles. The topological polar surface area (TPSA) is 156 Å². The summed E-state index contributed by atoms with van der Waals surface area (Å²) in [5.41, 5.74) is 10.1. The smallest absolute Gasteiger partial charge is 0.455 e. The molecular weight excluding hydrogens is 661 g/mol. The summed E-state index contributed by atoms with van der Waals surface area (Å²) < 4.78 is 67.9. The lowest BCUT2D eigenvalue weighted by Gasteiger charge is -2.22. The Morgan fingerprint density at radius 3 is 2.18 bits per heavy atom. The number of nitrogens with zero attached hydrogens (tertiary/aromatic N) is 1. The van der Waals surface area contributed by atoms with Crippen LogP contribution in [-0.2, 0) is 0 Å². The van der Waals surface area contributed by atoms with E-state index in [9.17, 15) is 27.6 Å². The molecule has 4 rings (SSSR count). The molecule has 1 heterocycles. The van der Waals surface area contributed by atoms with E-state index in [1.54, 1.807) is 6.07 Å². The highest BCUT2D eigenvalue weighted by molar-refractivity contribution is 8.16. The summed E-state index contributed by atoms with van der Waals surface area (Å²) in [5, 5.41) is 2.40. The Labute approximate surface area is 268 Å². The predicted octanol–water partition coefficient (Wildman–Crippen LogP) is 5.81. The fourth-order valence-corrected chi connectivity index (χ4v) is 4.23. The minimum Gasteiger partial charge on any atom is -0.455 e. The molecule has 0 unspecified atom stereocenters. The van der Waals surface area contributed by atoms with Gasteiger partial charge in [0.25, 0.3) is 11.8 Å². The molecule has 0 saturated heterocycles. The summed E-state index contributed by atoms with van der Waals surface area (Å²) in [6, 6.07) is 13.2. The number of carbonyl (C=O) groups is 3. The van der Waals surface area contributed by atoms with Crippen molar-refractivity contribution in [2.75, 3.05) is 5.32 Å². The van der Waals surface area contributed by atoms with Crippen molar-refractivity contribution in [3.63, 3.8) is 0 Å². The van der Waals surface area contributed by atoms with Crippen molar-refractivity contribution in [1.29, 1.82) is 0 Å². The monoisotopic (exact) mass is 680 g/mol. The number of nitrogens with one attached hydrogen (secondary N) is 1. The number of alkyl halides is 3. The number of halogens is 4. The van der Waals surface area contributed by atoms with Crippen LogP contribution in [0.5, 0.6) is 23.0 Å².